The standard InChI is InChI=1S/C12H21O4/c1-8(2)12(9(3)4,15-7-13)11(14)16-10(5)6/h8-10H,1-6H3. The average molecular weight is 229 g/mol. The molecule has 93 valence electrons. The molecule has 0 aliphatic rings. The quantitative estimate of drug-likeness (QED) is 0.654. The lowest BCUT2D eigenvalue weighted by Crippen LogP contribution is -2.52. The van der Waals surface area contributed by atoms with E-state index in [2.05, 4.69) is 0 Å². The summed E-state index contributed by atoms with van der Waals surface area (Å²) in [6, 6.07) is 0. The van der Waals surface area contributed by atoms with E-state index in [0.717, 1.165) is 0 Å². The predicted molar refractivity (Wildman–Crippen MR) is 60.4 cm³/mol. The van der Waals surface area contributed by atoms with Crippen LogP contribution >= 0.6 is 0 Å². The van der Waals surface area contributed by atoms with Crippen molar-refractivity contribution in [1.82, 2.24) is 0 Å². The van der Waals surface area contributed by atoms with Crippen LogP contribution in [0.1, 0.15) is 41.5 Å². The third kappa shape index (κ3) is 2.97. The fourth-order valence-corrected chi connectivity index (χ4v) is 1.79. The molecule has 0 amide bonds. The molecule has 4 nitrogen and oxygen atoms in total. The van der Waals surface area contributed by atoms with Crippen LogP contribution in [0.3, 0.4) is 0 Å². The fourth-order valence-electron chi connectivity index (χ4n) is 1.79. The van der Waals surface area contributed by atoms with Gasteiger partial charge in [-0.3, -0.25) is 0 Å². The number of carbonyl (C=O) groups excluding carboxylic acids is 2. The molecule has 0 fully saturated rings. The minimum absolute atomic E-state index is 0.166. The van der Waals surface area contributed by atoms with E-state index in [1.54, 1.807) is 13.8 Å². The van der Waals surface area contributed by atoms with Crippen molar-refractivity contribution in [2.75, 3.05) is 0 Å². The second kappa shape index (κ2) is 5.87. The molecule has 4 heteroatoms. The van der Waals surface area contributed by atoms with Gasteiger partial charge in [0.15, 0.2) is 0 Å². The third-order valence-electron chi connectivity index (χ3n) is 2.59. The monoisotopic (exact) mass is 229 g/mol. The van der Waals surface area contributed by atoms with E-state index in [1.807, 2.05) is 27.7 Å². The third-order valence-corrected chi connectivity index (χ3v) is 2.59. The molecule has 0 aliphatic heterocycles. The van der Waals surface area contributed by atoms with E-state index in [4.69, 9.17) is 9.47 Å². The molecule has 0 rings (SSSR count). The molecule has 0 aromatic heterocycles. The molecule has 1 radical (unpaired) electrons. The van der Waals surface area contributed by atoms with Crippen molar-refractivity contribution in [3.63, 3.8) is 0 Å². The van der Waals surface area contributed by atoms with Crippen molar-refractivity contribution in [2.24, 2.45) is 11.8 Å². The van der Waals surface area contributed by atoms with Crippen molar-refractivity contribution in [2.45, 2.75) is 53.2 Å². The van der Waals surface area contributed by atoms with Crippen molar-refractivity contribution in [3.05, 3.63) is 0 Å². The highest BCUT2D eigenvalue weighted by atomic mass is 16.6. The molecule has 0 heterocycles. The van der Waals surface area contributed by atoms with Crippen molar-refractivity contribution < 1.29 is 19.1 Å². The Kier molecular flexibility index (Phi) is 5.48. The predicted octanol–water partition coefficient (Wildman–Crippen LogP) is 2.07. The van der Waals surface area contributed by atoms with Gasteiger partial charge in [0.05, 0.1) is 6.10 Å². The van der Waals surface area contributed by atoms with Crippen LogP contribution in [-0.2, 0) is 19.1 Å². The Morgan fingerprint density at radius 2 is 1.50 bits per heavy atom. The van der Waals surface area contributed by atoms with E-state index in [1.165, 1.54) is 6.47 Å². The average Bonchev–Trinajstić information content (AvgIpc) is 2.11. The Hall–Kier alpha value is -1.06. The number of hydrogen-bond acceptors (Lipinski definition) is 4. The van der Waals surface area contributed by atoms with Crippen LogP contribution < -0.4 is 0 Å². The lowest BCUT2D eigenvalue weighted by atomic mass is 9.80. The maximum Gasteiger partial charge on any atom is 0.418 e. The number of ether oxygens (including phenoxy) is 2. The van der Waals surface area contributed by atoms with E-state index in [0.29, 0.717) is 0 Å². The van der Waals surface area contributed by atoms with Gasteiger partial charge in [0.1, 0.15) is 0 Å². The van der Waals surface area contributed by atoms with Gasteiger partial charge in [0, 0.05) is 11.8 Å². The molecule has 0 aromatic rings. The second-order valence-electron chi connectivity index (χ2n) is 4.74. The van der Waals surface area contributed by atoms with E-state index in [-0.39, 0.29) is 17.9 Å². The highest BCUT2D eigenvalue weighted by molar-refractivity contribution is 5.81. The summed E-state index contributed by atoms with van der Waals surface area (Å²) in [4.78, 5) is 22.5. The molecular weight excluding hydrogens is 208 g/mol. The molecule has 0 N–H and O–H groups in total. The van der Waals surface area contributed by atoms with Crippen molar-refractivity contribution in [1.29, 1.82) is 0 Å². The summed E-state index contributed by atoms with van der Waals surface area (Å²) in [7, 11) is 0. The first-order valence-electron chi connectivity index (χ1n) is 5.55. The highest BCUT2D eigenvalue weighted by Crippen LogP contribution is 2.31. The van der Waals surface area contributed by atoms with Crippen LogP contribution in [0.5, 0.6) is 0 Å². The lowest BCUT2D eigenvalue weighted by molar-refractivity contribution is -0.178. The van der Waals surface area contributed by atoms with Gasteiger partial charge in [-0.25, -0.2) is 9.59 Å². The Balaban J connectivity index is 5.16. The maximum absolute atomic E-state index is 12.0. The first-order valence-corrected chi connectivity index (χ1v) is 5.55. The molecule has 0 spiro atoms. The number of carbonyl (C=O) groups is 1. The van der Waals surface area contributed by atoms with E-state index in [9.17, 15) is 9.59 Å². The summed E-state index contributed by atoms with van der Waals surface area (Å²) < 4.78 is 10.1. The smallest absolute Gasteiger partial charge is 0.418 e. The van der Waals surface area contributed by atoms with Crippen LogP contribution in [0.2, 0.25) is 0 Å². The first-order chi connectivity index (χ1) is 7.28. The van der Waals surface area contributed by atoms with Crippen LogP contribution in [0.15, 0.2) is 0 Å². The zero-order chi connectivity index (χ0) is 12.9. The van der Waals surface area contributed by atoms with Gasteiger partial charge < -0.3 is 9.47 Å². The molecule has 16 heavy (non-hydrogen) atoms. The van der Waals surface area contributed by atoms with Crippen LogP contribution in [0.25, 0.3) is 0 Å². The molecule has 0 unspecified atom stereocenters. The Morgan fingerprint density at radius 3 is 1.75 bits per heavy atom. The fraction of sp³-hybridized carbons (Fsp3) is 0.833. The minimum Gasteiger partial charge on any atom is -0.460 e. The van der Waals surface area contributed by atoms with Crippen LogP contribution in [0, 0.1) is 11.8 Å². The first kappa shape index (κ1) is 14.9. The Morgan fingerprint density at radius 1 is 1.06 bits per heavy atom. The zero-order valence-electron chi connectivity index (χ0n) is 10.9. The van der Waals surface area contributed by atoms with Crippen molar-refractivity contribution in [3.8, 4) is 0 Å². The number of esters is 1. The van der Waals surface area contributed by atoms with Crippen LogP contribution in [-0.4, -0.2) is 24.1 Å². The summed E-state index contributed by atoms with van der Waals surface area (Å²) in [6.07, 6.45) is -0.236. The molecule has 0 bridgehead atoms. The van der Waals surface area contributed by atoms with E-state index >= 15 is 0 Å². The van der Waals surface area contributed by atoms with Gasteiger partial charge >= 0.3 is 12.4 Å². The minimum atomic E-state index is -1.24. The molecule has 0 saturated carbocycles. The Bertz CT molecular complexity index is 235. The van der Waals surface area contributed by atoms with E-state index < -0.39 is 11.6 Å². The molecule has 0 saturated heterocycles. The second-order valence-corrected chi connectivity index (χ2v) is 4.74. The summed E-state index contributed by atoms with van der Waals surface area (Å²) in [5.74, 6) is -0.837. The number of rotatable bonds is 6. The topological polar surface area (TPSA) is 52.6 Å². The largest absolute Gasteiger partial charge is 0.460 e. The highest BCUT2D eigenvalue weighted by Gasteiger charge is 2.49. The summed E-state index contributed by atoms with van der Waals surface area (Å²) in [5.41, 5.74) is -1.24. The van der Waals surface area contributed by atoms with Crippen molar-refractivity contribution >= 4 is 12.4 Å². The maximum atomic E-state index is 12.0. The SMILES string of the molecule is CC(C)OC(=O)C(O[C]=O)(C(C)C)C(C)C. The molecular formula is C12H21O4. The Labute approximate surface area is 97.3 Å². The summed E-state index contributed by atoms with van der Waals surface area (Å²) in [6.45, 7) is 12.2. The van der Waals surface area contributed by atoms with Crippen LogP contribution in [0.4, 0.5) is 0 Å². The van der Waals surface area contributed by atoms with Gasteiger partial charge in [-0.1, -0.05) is 27.7 Å². The summed E-state index contributed by atoms with van der Waals surface area (Å²) >= 11 is 0. The zero-order valence-corrected chi connectivity index (χ0v) is 10.9. The normalized spacial score (nSPS) is 12.1. The number of hydrogen-bond donors (Lipinski definition) is 0. The molecule has 0 aliphatic carbocycles. The van der Waals surface area contributed by atoms with Gasteiger partial charge in [-0.2, -0.15) is 0 Å². The molecule has 0 aromatic carbocycles. The lowest BCUT2D eigenvalue weighted by Gasteiger charge is -2.36. The van der Waals surface area contributed by atoms with Gasteiger partial charge in [0.2, 0.25) is 5.60 Å². The van der Waals surface area contributed by atoms with Gasteiger partial charge in [-0.05, 0) is 13.8 Å². The molecule has 0 atom stereocenters. The van der Waals surface area contributed by atoms with Gasteiger partial charge in [0.25, 0.3) is 0 Å². The van der Waals surface area contributed by atoms with Gasteiger partial charge in [-0.15, -0.1) is 0 Å². The summed E-state index contributed by atoms with van der Waals surface area (Å²) in [5, 5.41) is 0.